The number of urea groups is 1. The predicted octanol–water partition coefficient (Wildman–Crippen LogP) is 1.84. The van der Waals surface area contributed by atoms with Crippen molar-refractivity contribution in [2.75, 3.05) is 0 Å². The van der Waals surface area contributed by atoms with E-state index in [4.69, 9.17) is 5.73 Å². The van der Waals surface area contributed by atoms with E-state index in [-0.39, 0.29) is 0 Å². The zero-order valence-electron chi connectivity index (χ0n) is 8.55. The summed E-state index contributed by atoms with van der Waals surface area (Å²) in [5.74, 6) is 0. The predicted molar refractivity (Wildman–Crippen MR) is 64.3 cm³/mol. The zero-order chi connectivity index (χ0) is 11.4. The van der Waals surface area contributed by atoms with Gasteiger partial charge in [-0.3, -0.25) is 0 Å². The molecule has 2 aromatic carbocycles. The van der Waals surface area contributed by atoms with Gasteiger partial charge in [0, 0.05) is 0 Å². The summed E-state index contributed by atoms with van der Waals surface area (Å²) in [5.41, 5.74) is 7.94. The number of fused-ring (bicyclic) bond motifs is 1. The lowest BCUT2D eigenvalue weighted by Gasteiger charge is -1.98. The van der Waals surface area contributed by atoms with Crippen molar-refractivity contribution in [3.05, 3.63) is 48.0 Å². The number of rotatable bonds is 2. The minimum Gasteiger partial charge on any atom is -0.350 e. The average Bonchev–Trinajstić information content (AvgIpc) is 2.28. The number of carbonyl (C=O) groups is 1. The molecule has 0 bridgehead atoms. The molecule has 0 fully saturated rings. The molecule has 16 heavy (non-hydrogen) atoms. The van der Waals surface area contributed by atoms with Crippen molar-refractivity contribution in [3.63, 3.8) is 0 Å². The average molecular weight is 213 g/mol. The Morgan fingerprint density at radius 2 is 1.94 bits per heavy atom. The van der Waals surface area contributed by atoms with Gasteiger partial charge in [0.2, 0.25) is 0 Å². The van der Waals surface area contributed by atoms with Crippen molar-refractivity contribution < 1.29 is 4.79 Å². The molecule has 0 aliphatic rings. The maximum Gasteiger partial charge on any atom is 0.332 e. The molecular formula is C12H11N3O. The van der Waals surface area contributed by atoms with Gasteiger partial charge in [0.15, 0.2) is 0 Å². The fourth-order valence-corrected chi connectivity index (χ4v) is 1.46. The summed E-state index contributed by atoms with van der Waals surface area (Å²) in [7, 11) is 0. The van der Waals surface area contributed by atoms with E-state index in [1.807, 2.05) is 42.5 Å². The second kappa shape index (κ2) is 4.44. The van der Waals surface area contributed by atoms with E-state index in [2.05, 4.69) is 10.5 Å². The van der Waals surface area contributed by atoms with Gasteiger partial charge in [-0.25, -0.2) is 10.2 Å². The van der Waals surface area contributed by atoms with Crippen LogP contribution in [0.5, 0.6) is 0 Å². The first kappa shape index (κ1) is 10.2. The van der Waals surface area contributed by atoms with E-state index in [1.165, 1.54) is 5.39 Å². The van der Waals surface area contributed by atoms with Gasteiger partial charge in [0.25, 0.3) is 0 Å². The normalized spacial score (nSPS) is 10.8. The van der Waals surface area contributed by atoms with Crippen molar-refractivity contribution in [2.45, 2.75) is 0 Å². The van der Waals surface area contributed by atoms with Crippen LogP contribution >= 0.6 is 0 Å². The summed E-state index contributed by atoms with van der Waals surface area (Å²) in [6, 6.07) is 13.3. The molecule has 0 saturated carbocycles. The van der Waals surface area contributed by atoms with Crippen molar-refractivity contribution >= 4 is 23.0 Å². The van der Waals surface area contributed by atoms with Crippen molar-refractivity contribution in [3.8, 4) is 0 Å². The van der Waals surface area contributed by atoms with Crippen LogP contribution in [0, 0.1) is 0 Å². The number of amides is 2. The largest absolute Gasteiger partial charge is 0.350 e. The summed E-state index contributed by atoms with van der Waals surface area (Å²) in [6.07, 6.45) is 1.55. The van der Waals surface area contributed by atoms with Crippen LogP contribution in [0.25, 0.3) is 10.8 Å². The second-order valence-electron chi connectivity index (χ2n) is 3.34. The highest BCUT2D eigenvalue weighted by molar-refractivity contribution is 5.90. The third-order valence-electron chi connectivity index (χ3n) is 2.16. The summed E-state index contributed by atoms with van der Waals surface area (Å²) < 4.78 is 0. The number of nitrogens with zero attached hydrogens (tertiary/aromatic N) is 1. The maximum absolute atomic E-state index is 10.4. The molecule has 2 aromatic rings. The molecule has 4 nitrogen and oxygen atoms in total. The minimum atomic E-state index is -0.669. The molecule has 0 aliphatic heterocycles. The van der Waals surface area contributed by atoms with Crippen LogP contribution < -0.4 is 11.2 Å². The van der Waals surface area contributed by atoms with Gasteiger partial charge in [0.1, 0.15) is 0 Å². The lowest BCUT2D eigenvalue weighted by atomic mass is 10.1. The fourth-order valence-electron chi connectivity index (χ4n) is 1.46. The Labute approximate surface area is 92.8 Å². The first-order valence-electron chi connectivity index (χ1n) is 4.83. The molecule has 0 aromatic heterocycles. The Bertz CT molecular complexity index is 549. The molecule has 0 aliphatic carbocycles. The Balaban J connectivity index is 2.26. The van der Waals surface area contributed by atoms with Crippen LogP contribution in [0.15, 0.2) is 47.6 Å². The van der Waals surface area contributed by atoms with E-state index in [9.17, 15) is 4.79 Å². The highest BCUT2D eigenvalue weighted by Crippen LogP contribution is 2.14. The lowest BCUT2D eigenvalue weighted by Crippen LogP contribution is -2.24. The van der Waals surface area contributed by atoms with Gasteiger partial charge in [-0.05, 0) is 22.4 Å². The van der Waals surface area contributed by atoms with Crippen LogP contribution in [-0.2, 0) is 0 Å². The third-order valence-corrected chi connectivity index (χ3v) is 2.16. The van der Waals surface area contributed by atoms with Crippen molar-refractivity contribution in [1.82, 2.24) is 5.43 Å². The standard InChI is InChI=1S/C12H11N3O/c13-12(16)15-14-8-9-5-6-10-3-1-2-4-11(10)7-9/h1-8H,(H3,13,15,16). The van der Waals surface area contributed by atoms with Gasteiger partial charge >= 0.3 is 6.03 Å². The molecule has 2 amide bonds. The molecule has 0 atom stereocenters. The van der Waals surface area contributed by atoms with Gasteiger partial charge in [-0.1, -0.05) is 36.4 Å². The van der Waals surface area contributed by atoms with E-state index in [0.29, 0.717) is 0 Å². The van der Waals surface area contributed by atoms with E-state index >= 15 is 0 Å². The van der Waals surface area contributed by atoms with E-state index in [1.54, 1.807) is 6.21 Å². The molecule has 0 spiro atoms. The van der Waals surface area contributed by atoms with E-state index in [0.717, 1.165) is 10.9 Å². The quantitative estimate of drug-likeness (QED) is 0.580. The van der Waals surface area contributed by atoms with E-state index < -0.39 is 6.03 Å². The number of nitrogens with two attached hydrogens (primary N) is 1. The summed E-state index contributed by atoms with van der Waals surface area (Å²) >= 11 is 0. The molecule has 0 unspecified atom stereocenters. The Kier molecular flexibility index (Phi) is 2.82. The number of primary amides is 1. The number of benzene rings is 2. The molecule has 2 rings (SSSR count). The number of hydrogen-bond donors (Lipinski definition) is 2. The molecule has 0 heterocycles. The summed E-state index contributed by atoms with van der Waals surface area (Å²) in [5, 5.41) is 6.00. The van der Waals surface area contributed by atoms with Gasteiger partial charge < -0.3 is 5.73 Å². The molecule has 3 N–H and O–H groups in total. The zero-order valence-corrected chi connectivity index (χ0v) is 8.55. The van der Waals surface area contributed by atoms with Crippen LogP contribution in [0.4, 0.5) is 4.79 Å². The molecule has 0 saturated heterocycles. The van der Waals surface area contributed by atoms with Gasteiger partial charge in [-0.15, -0.1) is 0 Å². The smallest absolute Gasteiger partial charge is 0.332 e. The summed E-state index contributed by atoms with van der Waals surface area (Å²) in [4.78, 5) is 10.4. The second-order valence-corrected chi connectivity index (χ2v) is 3.34. The number of hydrogen-bond acceptors (Lipinski definition) is 2. The van der Waals surface area contributed by atoms with Crippen LogP contribution in [0.3, 0.4) is 0 Å². The number of carbonyl (C=O) groups excluding carboxylic acids is 1. The fraction of sp³-hybridized carbons (Fsp3) is 0. The number of nitrogens with one attached hydrogen (secondary N) is 1. The van der Waals surface area contributed by atoms with Crippen LogP contribution in [0.1, 0.15) is 5.56 Å². The van der Waals surface area contributed by atoms with Crippen molar-refractivity contribution in [1.29, 1.82) is 0 Å². The van der Waals surface area contributed by atoms with Crippen LogP contribution in [-0.4, -0.2) is 12.2 Å². The Hall–Kier alpha value is -2.36. The van der Waals surface area contributed by atoms with Gasteiger partial charge in [0.05, 0.1) is 6.21 Å². The first-order valence-corrected chi connectivity index (χ1v) is 4.83. The number of hydrazone groups is 1. The molecule has 80 valence electrons. The molecule has 0 radical (unpaired) electrons. The molecule has 4 heteroatoms. The minimum absolute atomic E-state index is 0.669. The molecular weight excluding hydrogens is 202 g/mol. The monoisotopic (exact) mass is 213 g/mol. The Morgan fingerprint density at radius 1 is 1.19 bits per heavy atom. The van der Waals surface area contributed by atoms with Crippen LogP contribution in [0.2, 0.25) is 0 Å². The Morgan fingerprint density at radius 3 is 2.69 bits per heavy atom. The first-order chi connectivity index (χ1) is 7.75. The summed E-state index contributed by atoms with van der Waals surface area (Å²) in [6.45, 7) is 0. The third kappa shape index (κ3) is 2.36. The highest BCUT2D eigenvalue weighted by Gasteiger charge is 1.93. The SMILES string of the molecule is NC(=O)NN=Cc1ccc2ccccc2c1. The lowest BCUT2D eigenvalue weighted by molar-refractivity contribution is 0.249. The highest BCUT2D eigenvalue weighted by atomic mass is 16.2. The maximum atomic E-state index is 10.4. The van der Waals surface area contributed by atoms with Gasteiger partial charge in [-0.2, -0.15) is 5.10 Å². The topological polar surface area (TPSA) is 67.5 Å². The van der Waals surface area contributed by atoms with Crippen molar-refractivity contribution in [2.24, 2.45) is 10.8 Å².